The maximum Gasteiger partial charge on any atom is 0.160 e. The molecule has 0 aliphatic carbocycles. The van der Waals surface area contributed by atoms with Gasteiger partial charge in [-0.3, -0.25) is 0 Å². The van der Waals surface area contributed by atoms with Crippen LogP contribution in [0.1, 0.15) is 0 Å². The maximum absolute atomic E-state index is 6.71. The summed E-state index contributed by atoms with van der Waals surface area (Å²) in [4.78, 5) is 10.4. The van der Waals surface area contributed by atoms with Crippen LogP contribution in [0.2, 0.25) is 0 Å². The van der Waals surface area contributed by atoms with E-state index in [0.717, 1.165) is 83.4 Å². The van der Waals surface area contributed by atoms with Crippen molar-refractivity contribution in [3.05, 3.63) is 182 Å². The van der Waals surface area contributed by atoms with E-state index in [-0.39, 0.29) is 0 Å². The molecule has 3 heterocycles. The molecule has 0 bridgehead atoms. The lowest BCUT2D eigenvalue weighted by Gasteiger charge is -2.13. The largest absolute Gasteiger partial charge is 0.456 e. The number of aromatic nitrogens is 2. The van der Waals surface area contributed by atoms with Crippen LogP contribution in [0.4, 0.5) is 0 Å². The Morgan fingerprint density at radius 1 is 0.286 bits per heavy atom. The minimum atomic E-state index is 0.677. The minimum absolute atomic E-state index is 0.677. The number of furan rings is 2. The van der Waals surface area contributed by atoms with Crippen LogP contribution in [0.15, 0.2) is 191 Å². The summed E-state index contributed by atoms with van der Waals surface area (Å²) in [5.41, 5.74) is 12.7. The van der Waals surface area contributed by atoms with Crippen LogP contribution in [0.25, 0.3) is 122 Å². The third-order valence-electron chi connectivity index (χ3n) is 11.3. The molecule has 9 aromatic carbocycles. The van der Waals surface area contributed by atoms with Gasteiger partial charge in [-0.2, -0.15) is 0 Å². The number of rotatable bonds is 5. The van der Waals surface area contributed by atoms with Gasteiger partial charge in [0.25, 0.3) is 0 Å². The fraction of sp³-hybridized carbons (Fsp3) is 0. The van der Waals surface area contributed by atoms with E-state index in [1.54, 1.807) is 0 Å². The first-order valence-electron chi connectivity index (χ1n) is 18.9. The molecule has 0 aliphatic heterocycles. The third-order valence-corrected chi connectivity index (χ3v) is 11.3. The van der Waals surface area contributed by atoms with Gasteiger partial charge in [-0.25, -0.2) is 9.97 Å². The zero-order chi connectivity index (χ0) is 36.7. The Bertz CT molecular complexity index is 3470. The topological polar surface area (TPSA) is 52.1 Å². The molecule has 0 unspecified atom stereocenters. The lowest BCUT2D eigenvalue weighted by atomic mass is 9.89. The van der Waals surface area contributed by atoms with E-state index in [4.69, 9.17) is 18.8 Å². The van der Waals surface area contributed by atoms with Crippen molar-refractivity contribution in [2.75, 3.05) is 0 Å². The van der Waals surface area contributed by atoms with Crippen LogP contribution in [-0.4, -0.2) is 9.97 Å². The normalized spacial score (nSPS) is 11.9. The highest BCUT2D eigenvalue weighted by Gasteiger charge is 2.21. The van der Waals surface area contributed by atoms with E-state index in [9.17, 15) is 0 Å². The monoisotopic (exact) mass is 714 g/mol. The number of nitrogens with zero attached hydrogens (tertiary/aromatic N) is 2. The Morgan fingerprint density at radius 2 is 0.857 bits per heavy atom. The van der Waals surface area contributed by atoms with Crippen LogP contribution in [0.3, 0.4) is 0 Å². The molecule has 0 radical (unpaired) electrons. The van der Waals surface area contributed by atoms with Gasteiger partial charge in [0.15, 0.2) is 5.82 Å². The first-order valence-corrected chi connectivity index (χ1v) is 18.9. The van der Waals surface area contributed by atoms with E-state index >= 15 is 0 Å². The van der Waals surface area contributed by atoms with Gasteiger partial charge in [0.1, 0.15) is 22.3 Å². The van der Waals surface area contributed by atoms with E-state index < -0.39 is 0 Å². The second-order valence-electron chi connectivity index (χ2n) is 14.5. The van der Waals surface area contributed by atoms with Crippen molar-refractivity contribution >= 4 is 65.4 Å². The predicted octanol–water partition coefficient (Wildman–Crippen LogP) is 14.4. The fourth-order valence-corrected chi connectivity index (χ4v) is 8.75. The van der Waals surface area contributed by atoms with Gasteiger partial charge in [0, 0.05) is 38.2 Å². The smallest absolute Gasteiger partial charge is 0.160 e. The second kappa shape index (κ2) is 12.0. The molecule has 12 rings (SSSR count). The van der Waals surface area contributed by atoms with E-state index in [1.165, 1.54) is 32.3 Å². The molecule has 0 N–H and O–H groups in total. The van der Waals surface area contributed by atoms with E-state index in [2.05, 4.69) is 152 Å². The standard InChI is InChI=1S/C52H30N2O2/c1-3-12-31(13-4-1)33-16-7-17-35(28-33)42-30-43(54-52(53-42)32-14-5-2-6-15-32)39-21-10-23-44-49(39)40-27-26-34(29-47(40)56-44)36-18-8-19-37-38-20-9-24-45-50(38)51-41(48(36)37)22-11-25-46(51)55-45/h1-30H. The quantitative estimate of drug-likeness (QED) is 0.167. The Labute approximate surface area is 321 Å². The van der Waals surface area contributed by atoms with Gasteiger partial charge in [-0.05, 0) is 86.3 Å². The summed E-state index contributed by atoms with van der Waals surface area (Å²) in [7, 11) is 0. The summed E-state index contributed by atoms with van der Waals surface area (Å²) in [5, 5.41) is 9.27. The Morgan fingerprint density at radius 3 is 1.66 bits per heavy atom. The lowest BCUT2D eigenvalue weighted by molar-refractivity contribution is 0.669. The zero-order valence-corrected chi connectivity index (χ0v) is 30.0. The molecule has 0 saturated carbocycles. The molecule has 260 valence electrons. The SMILES string of the molecule is c1ccc(-c2cccc(-c3cc(-c4cccc5oc6cc(-c7cccc8c9cccc%10oc%11cccc(c78)c%11c%109)ccc6c45)nc(-c4ccccc4)n3)c2)cc1. The summed E-state index contributed by atoms with van der Waals surface area (Å²) < 4.78 is 13.0. The van der Waals surface area contributed by atoms with Crippen molar-refractivity contribution in [3.63, 3.8) is 0 Å². The number of hydrogen-bond acceptors (Lipinski definition) is 4. The van der Waals surface area contributed by atoms with Crippen LogP contribution in [0.5, 0.6) is 0 Å². The van der Waals surface area contributed by atoms with Crippen molar-refractivity contribution in [2.24, 2.45) is 0 Å². The van der Waals surface area contributed by atoms with Crippen molar-refractivity contribution in [1.82, 2.24) is 9.97 Å². The molecule has 0 aliphatic rings. The lowest BCUT2D eigenvalue weighted by Crippen LogP contribution is -1.96. The zero-order valence-electron chi connectivity index (χ0n) is 30.0. The van der Waals surface area contributed by atoms with Gasteiger partial charge in [0.2, 0.25) is 0 Å². The molecule has 0 fully saturated rings. The number of hydrogen-bond donors (Lipinski definition) is 0. The summed E-state index contributed by atoms with van der Waals surface area (Å²) in [5.74, 6) is 0.677. The first-order chi connectivity index (χ1) is 27.7. The van der Waals surface area contributed by atoms with Gasteiger partial charge in [0.05, 0.1) is 11.4 Å². The molecule has 12 aromatic rings. The second-order valence-corrected chi connectivity index (χ2v) is 14.5. The summed E-state index contributed by atoms with van der Waals surface area (Å²) in [6, 6.07) is 63.6. The molecular weight excluding hydrogens is 685 g/mol. The van der Waals surface area contributed by atoms with Gasteiger partial charge in [-0.1, -0.05) is 140 Å². The summed E-state index contributed by atoms with van der Waals surface area (Å²) >= 11 is 0. The van der Waals surface area contributed by atoms with Crippen LogP contribution in [0, 0.1) is 0 Å². The van der Waals surface area contributed by atoms with E-state index in [0.29, 0.717) is 5.82 Å². The molecule has 0 spiro atoms. The molecule has 56 heavy (non-hydrogen) atoms. The van der Waals surface area contributed by atoms with Crippen molar-refractivity contribution < 1.29 is 8.83 Å². The van der Waals surface area contributed by atoms with Crippen molar-refractivity contribution in [1.29, 1.82) is 0 Å². The molecule has 0 amide bonds. The van der Waals surface area contributed by atoms with Crippen LogP contribution < -0.4 is 0 Å². The van der Waals surface area contributed by atoms with Crippen LogP contribution in [-0.2, 0) is 0 Å². The van der Waals surface area contributed by atoms with Gasteiger partial charge in [-0.15, -0.1) is 0 Å². The molecule has 0 saturated heterocycles. The van der Waals surface area contributed by atoms with E-state index in [1.807, 2.05) is 30.3 Å². The average Bonchev–Trinajstić information content (AvgIpc) is 3.85. The molecular formula is C52H30N2O2. The maximum atomic E-state index is 6.71. The highest BCUT2D eigenvalue weighted by molar-refractivity contribution is 6.35. The fourth-order valence-electron chi connectivity index (χ4n) is 8.75. The minimum Gasteiger partial charge on any atom is -0.456 e. The first kappa shape index (κ1) is 30.9. The van der Waals surface area contributed by atoms with Gasteiger partial charge >= 0.3 is 0 Å². The highest BCUT2D eigenvalue weighted by atomic mass is 16.3. The Balaban J connectivity index is 1.05. The molecule has 4 heteroatoms. The number of benzene rings is 9. The predicted molar refractivity (Wildman–Crippen MR) is 230 cm³/mol. The average molecular weight is 715 g/mol. The summed E-state index contributed by atoms with van der Waals surface area (Å²) in [6.45, 7) is 0. The van der Waals surface area contributed by atoms with Gasteiger partial charge < -0.3 is 8.83 Å². The molecule has 4 nitrogen and oxygen atoms in total. The highest BCUT2D eigenvalue weighted by Crippen LogP contribution is 2.46. The Hall–Kier alpha value is -7.56. The molecule has 3 aromatic heterocycles. The molecule has 0 atom stereocenters. The third kappa shape index (κ3) is 4.66. The summed E-state index contributed by atoms with van der Waals surface area (Å²) in [6.07, 6.45) is 0. The van der Waals surface area contributed by atoms with Crippen molar-refractivity contribution in [3.8, 4) is 56.2 Å². The Kier molecular flexibility index (Phi) is 6.60. The van der Waals surface area contributed by atoms with Crippen molar-refractivity contribution in [2.45, 2.75) is 0 Å². The number of fused-ring (bicyclic) bond motifs is 6. The van der Waals surface area contributed by atoms with Crippen LogP contribution >= 0.6 is 0 Å².